The van der Waals surface area contributed by atoms with Crippen molar-refractivity contribution >= 4 is 0 Å². The van der Waals surface area contributed by atoms with Crippen molar-refractivity contribution in [1.29, 1.82) is 0 Å². The van der Waals surface area contributed by atoms with Crippen LogP contribution in [-0.2, 0) is 30.5 Å². The highest BCUT2D eigenvalue weighted by Gasteiger charge is 2.69. The Labute approximate surface area is 184 Å². The molecular formula is C23H37N3O5. The third-order valence-corrected chi connectivity index (χ3v) is 7.99. The number of aromatic nitrogens is 2. The van der Waals surface area contributed by atoms with Crippen molar-refractivity contribution < 1.29 is 24.0 Å². The molecule has 8 atom stereocenters. The molecule has 5 aliphatic rings. The van der Waals surface area contributed by atoms with Crippen LogP contribution < -0.4 is 5.32 Å². The van der Waals surface area contributed by atoms with Gasteiger partial charge in [-0.05, 0) is 51.0 Å². The van der Waals surface area contributed by atoms with E-state index in [0.717, 1.165) is 45.3 Å². The molecule has 0 aromatic carbocycles. The Hall–Kier alpha value is -1.03. The zero-order valence-electron chi connectivity index (χ0n) is 19.0. The van der Waals surface area contributed by atoms with Crippen LogP contribution in [0, 0.1) is 23.7 Å². The highest BCUT2D eigenvalue weighted by molar-refractivity contribution is 5.09. The molecule has 1 aliphatic carbocycles. The van der Waals surface area contributed by atoms with Crippen molar-refractivity contribution in [1.82, 2.24) is 14.9 Å². The molecule has 1 aromatic heterocycles. The molecule has 0 amide bonds. The molecule has 4 aliphatic heterocycles. The van der Waals surface area contributed by atoms with E-state index in [1.165, 1.54) is 6.42 Å². The summed E-state index contributed by atoms with van der Waals surface area (Å²) in [5.41, 5.74) is -0.515. The fourth-order valence-corrected chi connectivity index (χ4v) is 6.24. The Morgan fingerprint density at radius 3 is 2.90 bits per heavy atom. The van der Waals surface area contributed by atoms with E-state index in [1.807, 2.05) is 25.6 Å². The Morgan fingerprint density at radius 2 is 2.06 bits per heavy atom. The van der Waals surface area contributed by atoms with Crippen LogP contribution in [0.2, 0.25) is 0 Å². The summed E-state index contributed by atoms with van der Waals surface area (Å²) in [6.45, 7) is 9.86. The largest absolute Gasteiger partial charge is 0.351 e. The van der Waals surface area contributed by atoms with Crippen molar-refractivity contribution in [3.63, 3.8) is 0 Å². The third kappa shape index (κ3) is 3.96. The van der Waals surface area contributed by atoms with Crippen LogP contribution >= 0.6 is 0 Å². The smallest absolute Gasteiger partial charge is 0.201 e. The molecule has 0 radical (unpaired) electrons. The van der Waals surface area contributed by atoms with Gasteiger partial charge in [0.25, 0.3) is 0 Å². The van der Waals surface area contributed by atoms with Crippen molar-refractivity contribution in [2.75, 3.05) is 19.7 Å². The second-order valence-corrected chi connectivity index (χ2v) is 10.0. The number of hydrogen-bond acceptors (Lipinski definition) is 7. The lowest BCUT2D eigenvalue weighted by molar-refractivity contribution is -0.577. The highest BCUT2D eigenvalue weighted by atomic mass is 17.3. The summed E-state index contributed by atoms with van der Waals surface area (Å²) in [6, 6.07) is 0. The van der Waals surface area contributed by atoms with Crippen LogP contribution in [0.3, 0.4) is 0 Å². The lowest BCUT2D eigenvalue weighted by Gasteiger charge is -2.60. The minimum Gasteiger partial charge on any atom is -0.351 e. The van der Waals surface area contributed by atoms with E-state index < -0.39 is 17.7 Å². The fourth-order valence-electron chi connectivity index (χ4n) is 6.24. The summed E-state index contributed by atoms with van der Waals surface area (Å²) >= 11 is 0. The van der Waals surface area contributed by atoms with Crippen molar-refractivity contribution in [2.45, 2.75) is 83.4 Å². The number of nitrogens with one attached hydrogen (secondary N) is 1. The Kier molecular flexibility index (Phi) is 6.13. The first-order valence-electron chi connectivity index (χ1n) is 12.0. The average Bonchev–Trinajstić information content (AvgIpc) is 3.17. The first-order chi connectivity index (χ1) is 15.0. The summed E-state index contributed by atoms with van der Waals surface area (Å²) in [6.07, 6.45) is 10.2. The molecule has 31 heavy (non-hydrogen) atoms. The van der Waals surface area contributed by atoms with Crippen LogP contribution in [0.15, 0.2) is 18.7 Å². The van der Waals surface area contributed by atoms with Crippen LogP contribution in [0.1, 0.15) is 52.9 Å². The van der Waals surface area contributed by atoms with E-state index >= 15 is 0 Å². The predicted octanol–water partition coefficient (Wildman–Crippen LogP) is 3.09. The Bertz CT molecular complexity index is 733. The molecule has 4 saturated heterocycles. The van der Waals surface area contributed by atoms with Gasteiger partial charge < -0.3 is 24.1 Å². The summed E-state index contributed by atoms with van der Waals surface area (Å²) in [5.74, 6) is 0.761. The number of imidazole rings is 1. The van der Waals surface area contributed by atoms with Gasteiger partial charge in [-0.25, -0.2) is 14.8 Å². The molecule has 6 rings (SSSR count). The predicted molar refractivity (Wildman–Crippen MR) is 112 cm³/mol. The van der Waals surface area contributed by atoms with Crippen molar-refractivity contribution in [3.05, 3.63) is 18.7 Å². The molecule has 174 valence electrons. The maximum absolute atomic E-state index is 6.45. The molecule has 1 spiro atoms. The van der Waals surface area contributed by atoms with Gasteiger partial charge in [-0.2, -0.15) is 0 Å². The van der Waals surface area contributed by atoms with Crippen LogP contribution in [0.25, 0.3) is 0 Å². The van der Waals surface area contributed by atoms with Crippen LogP contribution in [-0.4, -0.2) is 53.2 Å². The normalized spacial score (nSPS) is 44.1. The van der Waals surface area contributed by atoms with Gasteiger partial charge in [-0.1, -0.05) is 13.8 Å². The fraction of sp³-hybridized carbons (Fsp3) is 0.870. The van der Waals surface area contributed by atoms with E-state index in [2.05, 4.69) is 28.7 Å². The van der Waals surface area contributed by atoms with E-state index in [1.54, 1.807) is 0 Å². The first-order valence-corrected chi connectivity index (χ1v) is 12.0. The van der Waals surface area contributed by atoms with E-state index in [9.17, 15) is 0 Å². The van der Waals surface area contributed by atoms with Gasteiger partial charge in [0.15, 0.2) is 18.2 Å². The molecule has 8 heteroatoms. The molecular weight excluding hydrogens is 398 g/mol. The van der Waals surface area contributed by atoms with E-state index in [-0.39, 0.29) is 12.2 Å². The average molecular weight is 436 g/mol. The number of nitrogens with zero attached hydrogens (tertiary/aromatic N) is 2. The molecule has 1 aromatic rings. The summed E-state index contributed by atoms with van der Waals surface area (Å²) < 4.78 is 21.1. The minimum atomic E-state index is -0.737. The lowest BCUT2D eigenvalue weighted by Crippen LogP contribution is -2.70. The minimum absolute atomic E-state index is 0.224. The van der Waals surface area contributed by atoms with Gasteiger partial charge in [-0.3, -0.25) is 0 Å². The summed E-state index contributed by atoms with van der Waals surface area (Å²) in [4.78, 5) is 16.1. The molecule has 2 bridgehead atoms. The SMILES string of the molecule is C[C@@H]1CCC2[C@@H](C)[C@@H](OCCNCCCn3ccnc3)O[C@@H]3OC4(C)CCC1[C@@]23OO4. The van der Waals surface area contributed by atoms with Crippen LogP contribution in [0.5, 0.6) is 0 Å². The van der Waals surface area contributed by atoms with Gasteiger partial charge in [0, 0.05) is 43.7 Å². The zero-order valence-corrected chi connectivity index (χ0v) is 19.0. The monoisotopic (exact) mass is 435 g/mol. The van der Waals surface area contributed by atoms with Crippen molar-refractivity contribution in [2.24, 2.45) is 23.7 Å². The van der Waals surface area contributed by atoms with Crippen LogP contribution in [0.4, 0.5) is 0 Å². The van der Waals surface area contributed by atoms with Gasteiger partial charge in [0.05, 0.1) is 12.9 Å². The first kappa shape index (κ1) is 21.8. The summed E-state index contributed by atoms with van der Waals surface area (Å²) in [5, 5.41) is 3.46. The van der Waals surface area contributed by atoms with Gasteiger partial charge in [-0.15, -0.1) is 0 Å². The standard InChI is InChI=1S/C23H37N3O5/c1-16-5-6-19-17(2)20(27-14-11-24-9-4-12-26-13-10-25-15-26)28-21-23(19)18(16)7-8-22(3,29-21)30-31-23/h10,13,15-21,24H,4-9,11-12,14H2,1-3H3/t16-,17-,18?,19?,20+,21-,22?,23-/m1/s1. The number of aryl methyl sites for hydroxylation is 1. The zero-order chi connectivity index (χ0) is 21.5. The second-order valence-electron chi connectivity index (χ2n) is 10.0. The van der Waals surface area contributed by atoms with Gasteiger partial charge in [0.2, 0.25) is 5.79 Å². The number of ether oxygens (including phenoxy) is 3. The van der Waals surface area contributed by atoms with Gasteiger partial charge in [0.1, 0.15) is 0 Å². The number of fused-ring (bicyclic) bond motifs is 2. The summed E-state index contributed by atoms with van der Waals surface area (Å²) in [7, 11) is 0. The van der Waals surface area contributed by atoms with E-state index in [0.29, 0.717) is 24.4 Å². The molecule has 8 nitrogen and oxygen atoms in total. The topological polar surface area (TPSA) is 76.0 Å². The maximum atomic E-state index is 6.45. The molecule has 5 fully saturated rings. The quantitative estimate of drug-likeness (QED) is 0.497. The third-order valence-electron chi connectivity index (χ3n) is 7.99. The lowest BCUT2D eigenvalue weighted by atomic mass is 9.58. The molecule has 1 saturated carbocycles. The maximum Gasteiger partial charge on any atom is 0.201 e. The number of hydrogen-bond donors (Lipinski definition) is 1. The molecule has 1 N–H and O–H groups in total. The number of rotatable bonds is 8. The van der Waals surface area contributed by atoms with Gasteiger partial charge >= 0.3 is 0 Å². The molecule has 5 heterocycles. The highest BCUT2D eigenvalue weighted by Crippen LogP contribution is 2.60. The second kappa shape index (κ2) is 8.72. The Morgan fingerprint density at radius 1 is 1.16 bits per heavy atom. The van der Waals surface area contributed by atoms with E-state index in [4.69, 9.17) is 24.0 Å². The molecule has 3 unspecified atom stereocenters. The van der Waals surface area contributed by atoms with Crippen molar-refractivity contribution in [3.8, 4) is 0 Å². The Balaban J connectivity index is 1.16.